The Balaban J connectivity index is 1.82. The summed E-state index contributed by atoms with van der Waals surface area (Å²) in [5.74, 6) is 1.07. The van der Waals surface area contributed by atoms with Crippen LogP contribution in [0.25, 0.3) is 5.57 Å². The second kappa shape index (κ2) is 5.58. The number of nitrogens with one attached hydrogen (secondary N) is 1. The molecule has 1 aromatic carbocycles. The molecule has 1 fully saturated rings. The van der Waals surface area contributed by atoms with Gasteiger partial charge >= 0.3 is 0 Å². The first-order chi connectivity index (χ1) is 11.2. The molecule has 1 spiro atoms. The highest BCUT2D eigenvalue weighted by molar-refractivity contribution is 5.79. The van der Waals surface area contributed by atoms with Crippen molar-refractivity contribution >= 4 is 5.57 Å². The first-order valence-corrected chi connectivity index (χ1v) is 8.28. The van der Waals surface area contributed by atoms with Gasteiger partial charge in [0.1, 0.15) is 0 Å². The Morgan fingerprint density at radius 2 is 2.00 bits per heavy atom. The van der Waals surface area contributed by atoms with Crippen LogP contribution in [-0.2, 0) is 6.42 Å². The van der Waals surface area contributed by atoms with E-state index in [1.165, 1.54) is 11.1 Å². The maximum Gasteiger partial charge on any atom is 0.248 e. The highest BCUT2D eigenvalue weighted by Crippen LogP contribution is 2.44. The average molecular weight is 310 g/mol. The van der Waals surface area contributed by atoms with E-state index in [9.17, 15) is 0 Å². The number of hydrogen-bond donors (Lipinski definition) is 2. The molecule has 2 aliphatic rings. The van der Waals surface area contributed by atoms with Crippen LogP contribution in [0, 0.1) is 5.41 Å². The molecule has 23 heavy (non-hydrogen) atoms. The van der Waals surface area contributed by atoms with Crippen molar-refractivity contribution in [2.75, 3.05) is 13.1 Å². The van der Waals surface area contributed by atoms with Crippen LogP contribution >= 0.6 is 0 Å². The van der Waals surface area contributed by atoms with E-state index >= 15 is 0 Å². The highest BCUT2D eigenvalue weighted by atomic mass is 16.4. The van der Waals surface area contributed by atoms with E-state index in [2.05, 4.69) is 45.9 Å². The van der Waals surface area contributed by atoms with E-state index in [0.29, 0.717) is 11.8 Å². The van der Waals surface area contributed by atoms with E-state index in [0.717, 1.165) is 37.9 Å². The lowest BCUT2D eigenvalue weighted by Gasteiger charge is -2.39. The minimum atomic E-state index is -0.247. The van der Waals surface area contributed by atoms with Gasteiger partial charge in [-0.15, -0.1) is 10.2 Å². The van der Waals surface area contributed by atoms with Crippen LogP contribution in [0.15, 0.2) is 34.8 Å². The van der Waals surface area contributed by atoms with Crippen LogP contribution in [0.2, 0.25) is 0 Å². The topological polar surface area (TPSA) is 77.0 Å². The van der Waals surface area contributed by atoms with E-state index < -0.39 is 0 Å². The zero-order valence-electron chi connectivity index (χ0n) is 13.4. The van der Waals surface area contributed by atoms with Crippen molar-refractivity contribution in [3.05, 3.63) is 53.2 Å². The van der Waals surface area contributed by atoms with Gasteiger partial charge in [-0.25, -0.2) is 0 Å². The van der Waals surface area contributed by atoms with Gasteiger partial charge in [0.05, 0.1) is 6.04 Å². The van der Waals surface area contributed by atoms with Gasteiger partial charge in [-0.05, 0) is 55.8 Å². The number of piperidine rings is 1. The van der Waals surface area contributed by atoms with Crippen LogP contribution < -0.4 is 11.1 Å². The summed E-state index contributed by atoms with van der Waals surface area (Å²) in [4.78, 5) is 0. The molecule has 0 bridgehead atoms. The molecule has 2 aromatic rings. The fraction of sp³-hybridized carbons (Fsp3) is 0.444. The van der Waals surface area contributed by atoms with Gasteiger partial charge in [-0.1, -0.05) is 30.3 Å². The first-order valence-electron chi connectivity index (χ1n) is 8.28. The normalized spacial score (nSPS) is 20.9. The fourth-order valence-corrected chi connectivity index (χ4v) is 3.70. The SMILES string of the molecule is CC(N)c1nnc(C2=CC3(CCNCC3)Cc3ccccc32)o1. The largest absolute Gasteiger partial charge is 0.419 e. The van der Waals surface area contributed by atoms with Crippen molar-refractivity contribution in [1.82, 2.24) is 15.5 Å². The third-order valence-electron chi connectivity index (χ3n) is 4.96. The van der Waals surface area contributed by atoms with Gasteiger partial charge < -0.3 is 15.5 Å². The maximum absolute atomic E-state index is 5.86. The molecular formula is C18H22N4O. The van der Waals surface area contributed by atoms with Crippen LogP contribution in [0.5, 0.6) is 0 Å². The number of nitrogens with zero attached hydrogens (tertiary/aromatic N) is 2. The zero-order valence-corrected chi connectivity index (χ0v) is 13.4. The summed E-state index contributed by atoms with van der Waals surface area (Å²) in [6, 6.07) is 8.29. The van der Waals surface area contributed by atoms with E-state index in [1.807, 2.05) is 6.92 Å². The molecule has 2 heterocycles. The maximum atomic E-state index is 5.86. The third kappa shape index (κ3) is 2.60. The van der Waals surface area contributed by atoms with Gasteiger partial charge in [0.2, 0.25) is 11.8 Å². The highest BCUT2D eigenvalue weighted by Gasteiger charge is 2.36. The predicted molar refractivity (Wildman–Crippen MR) is 88.7 cm³/mol. The van der Waals surface area contributed by atoms with Crippen molar-refractivity contribution in [3.63, 3.8) is 0 Å². The van der Waals surface area contributed by atoms with E-state index in [4.69, 9.17) is 10.2 Å². The minimum Gasteiger partial charge on any atom is -0.419 e. The third-order valence-corrected chi connectivity index (χ3v) is 4.96. The number of rotatable bonds is 2. The minimum absolute atomic E-state index is 0.192. The Morgan fingerprint density at radius 3 is 2.74 bits per heavy atom. The lowest BCUT2D eigenvalue weighted by atomic mass is 9.68. The van der Waals surface area contributed by atoms with Crippen molar-refractivity contribution in [1.29, 1.82) is 0 Å². The molecule has 5 heteroatoms. The Hall–Kier alpha value is -1.98. The first kappa shape index (κ1) is 14.6. The second-order valence-electron chi connectivity index (χ2n) is 6.74. The molecule has 1 atom stereocenters. The molecule has 1 saturated heterocycles. The van der Waals surface area contributed by atoms with Crippen LogP contribution in [0.1, 0.15) is 48.7 Å². The summed E-state index contributed by atoms with van der Waals surface area (Å²) in [7, 11) is 0. The molecule has 120 valence electrons. The molecule has 0 saturated carbocycles. The van der Waals surface area contributed by atoms with Crippen molar-refractivity contribution in [2.24, 2.45) is 11.1 Å². The molecule has 0 radical (unpaired) electrons. The van der Waals surface area contributed by atoms with Crippen LogP contribution in [0.4, 0.5) is 0 Å². The summed E-state index contributed by atoms with van der Waals surface area (Å²) in [6.07, 6.45) is 5.73. The second-order valence-corrected chi connectivity index (χ2v) is 6.74. The van der Waals surface area contributed by atoms with Gasteiger partial charge in [0, 0.05) is 5.57 Å². The molecule has 1 unspecified atom stereocenters. The van der Waals surface area contributed by atoms with Gasteiger partial charge in [-0.2, -0.15) is 0 Å². The Bertz CT molecular complexity index is 741. The van der Waals surface area contributed by atoms with Gasteiger partial charge in [0.15, 0.2) is 0 Å². The summed E-state index contributed by atoms with van der Waals surface area (Å²) in [6.45, 7) is 3.97. The molecule has 1 aliphatic carbocycles. The summed E-state index contributed by atoms with van der Waals surface area (Å²) >= 11 is 0. The number of nitrogens with two attached hydrogens (primary N) is 1. The molecular weight excluding hydrogens is 288 g/mol. The number of hydrogen-bond acceptors (Lipinski definition) is 5. The Morgan fingerprint density at radius 1 is 1.22 bits per heavy atom. The summed E-state index contributed by atoms with van der Waals surface area (Å²) in [5, 5.41) is 11.8. The lowest BCUT2D eigenvalue weighted by Crippen LogP contribution is -2.38. The molecule has 3 N–H and O–H groups in total. The van der Waals surface area contributed by atoms with Gasteiger partial charge in [0.25, 0.3) is 0 Å². The smallest absolute Gasteiger partial charge is 0.248 e. The molecule has 1 aliphatic heterocycles. The lowest BCUT2D eigenvalue weighted by molar-refractivity contribution is 0.267. The number of benzene rings is 1. The predicted octanol–water partition coefficient (Wildman–Crippen LogP) is 2.45. The number of allylic oxidation sites excluding steroid dienone is 1. The monoisotopic (exact) mass is 310 g/mol. The van der Waals surface area contributed by atoms with Crippen molar-refractivity contribution in [3.8, 4) is 0 Å². The van der Waals surface area contributed by atoms with Crippen LogP contribution in [0.3, 0.4) is 0 Å². The van der Waals surface area contributed by atoms with Crippen molar-refractivity contribution < 1.29 is 4.42 Å². The summed E-state index contributed by atoms with van der Waals surface area (Å²) in [5.41, 5.74) is 9.69. The standard InChI is InChI=1S/C18H22N4O/c1-12(19)16-21-22-17(23-16)15-11-18(6-8-20-9-7-18)10-13-4-2-3-5-14(13)15/h2-5,11-12,20H,6-10,19H2,1H3. The molecule has 5 nitrogen and oxygen atoms in total. The number of fused-ring (bicyclic) bond motifs is 1. The quantitative estimate of drug-likeness (QED) is 0.891. The molecule has 4 rings (SSSR count). The van der Waals surface area contributed by atoms with Gasteiger partial charge in [-0.3, -0.25) is 0 Å². The van der Waals surface area contributed by atoms with E-state index in [1.54, 1.807) is 0 Å². The summed E-state index contributed by atoms with van der Waals surface area (Å²) < 4.78 is 5.84. The molecule has 1 aromatic heterocycles. The van der Waals surface area contributed by atoms with E-state index in [-0.39, 0.29) is 11.5 Å². The number of aromatic nitrogens is 2. The Kier molecular flexibility index (Phi) is 3.54. The average Bonchev–Trinajstić information content (AvgIpc) is 3.05. The fourth-order valence-electron chi connectivity index (χ4n) is 3.70. The molecule has 0 amide bonds. The zero-order chi connectivity index (χ0) is 15.9. The Labute approximate surface area is 136 Å². The van der Waals surface area contributed by atoms with Crippen molar-refractivity contribution in [2.45, 2.75) is 32.2 Å². The van der Waals surface area contributed by atoms with Crippen LogP contribution in [-0.4, -0.2) is 23.3 Å².